The van der Waals surface area contributed by atoms with Crippen LogP contribution < -0.4 is 11.1 Å². The predicted octanol–water partition coefficient (Wildman–Crippen LogP) is -0.0569. The molecule has 1 aliphatic rings. The standard InChI is InChI=1S/C6H14N2/c1-8-4-5-2-6(7)3-5/h5-6,8H,2-4,7H2,1H3/t5-,6-. The highest BCUT2D eigenvalue weighted by molar-refractivity contribution is 4.82. The van der Waals surface area contributed by atoms with Crippen molar-refractivity contribution in [3.05, 3.63) is 0 Å². The van der Waals surface area contributed by atoms with Crippen molar-refractivity contribution in [2.45, 2.75) is 18.9 Å². The Morgan fingerprint density at radius 2 is 2.25 bits per heavy atom. The Balaban J connectivity index is 1.98. The molecule has 0 saturated heterocycles. The predicted molar refractivity (Wildman–Crippen MR) is 34.6 cm³/mol. The SMILES string of the molecule is CNC[C@H]1C[C@H](N)C1. The number of nitrogens with two attached hydrogens (primary N) is 1. The van der Waals surface area contributed by atoms with E-state index >= 15 is 0 Å². The molecule has 0 aliphatic heterocycles. The van der Waals surface area contributed by atoms with Crippen LogP contribution in [-0.2, 0) is 0 Å². The van der Waals surface area contributed by atoms with Crippen LogP contribution in [0.25, 0.3) is 0 Å². The van der Waals surface area contributed by atoms with Crippen molar-refractivity contribution in [2.24, 2.45) is 11.7 Å². The topological polar surface area (TPSA) is 38.0 Å². The minimum Gasteiger partial charge on any atom is -0.328 e. The van der Waals surface area contributed by atoms with Crippen LogP contribution in [0, 0.1) is 5.92 Å². The summed E-state index contributed by atoms with van der Waals surface area (Å²) in [6.07, 6.45) is 2.45. The van der Waals surface area contributed by atoms with E-state index in [4.69, 9.17) is 5.73 Å². The first-order valence-electron chi connectivity index (χ1n) is 3.23. The van der Waals surface area contributed by atoms with Crippen molar-refractivity contribution >= 4 is 0 Å². The van der Waals surface area contributed by atoms with Gasteiger partial charge >= 0.3 is 0 Å². The molecule has 0 bridgehead atoms. The number of hydrogen-bond donors (Lipinski definition) is 2. The van der Waals surface area contributed by atoms with E-state index in [1.807, 2.05) is 7.05 Å². The Kier molecular flexibility index (Phi) is 1.86. The molecule has 0 aromatic rings. The average Bonchev–Trinajstić information content (AvgIpc) is 1.64. The molecule has 1 rings (SSSR count). The number of nitrogens with one attached hydrogen (secondary N) is 1. The van der Waals surface area contributed by atoms with Crippen LogP contribution in [0.4, 0.5) is 0 Å². The van der Waals surface area contributed by atoms with E-state index in [1.54, 1.807) is 0 Å². The van der Waals surface area contributed by atoms with Gasteiger partial charge in [0.2, 0.25) is 0 Å². The van der Waals surface area contributed by atoms with E-state index in [9.17, 15) is 0 Å². The third-order valence-corrected chi connectivity index (χ3v) is 1.76. The van der Waals surface area contributed by atoms with Gasteiger partial charge in [-0.15, -0.1) is 0 Å². The molecule has 0 radical (unpaired) electrons. The summed E-state index contributed by atoms with van der Waals surface area (Å²) in [6.45, 7) is 1.15. The third kappa shape index (κ3) is 1.20. The first-order valence-corrected chi connectivity index (χ1v) is 3.23. The lowest BCUT2D eigenvalue weighted by molar-refractivity contribution is 0.261. The molecule has 1 saturated carbocycles. The fourth-order valence-electron chi connectivity index (χ4n) is 1.24. The van der Waals surface area contributed by atoms with Gasteiger partial charge in [-0.2, -0.15) is 0 Å². The monoisotopic (exact) mass is 114 g/mol. The molecule has 2 nitrogen and oxygen atoms in total. The number of hydrogen-bond acceptors (Lipinski definition) is 2. The minimum absolute atomic E-state index is 0.508. The van der Waals surface area contributed by atoms with Gasteiger partial charge in [0.1, 0.15) is 0 Å². The Labute approximate surface area is 50.4 Å². The normalized spacial score (nSPS) is 36.8. The van der Waals surface area contributed by atoms with E-state index in [1.165, 1.54) is 12.8 Å². The molecule has 0 unspecified atom stereocenters. The van der Waals surface area contributed by atoms with Crippen molar-refractivity contribution < 1.29 is 0 Å². The molecular formula is C6H14N2. The molecule has 0 atom stereocenters. The molecule has 0 heterocycles. The third-order valence-electron chi connectivity index (χ3n) is 1.76. The van der Waals surface area contributed by atoms with Crippen molar-refractivity contribution in [1.29, 1.82) is 0 Å². The van der Waals surface area contributed by atoms with E-state index in [2.05, 4.69) is 5.32 Å². The summed E-state index contributed by atoms with van der Waals surface area (Å²) in [4.78, 5) is 0. The van der Waals surface area contributed by atoms with Gasteiger partial charge in [-0.1, -0.05) is 0 Å². The van der Waals surface area contributed by atoms with Gasteiger partial charge in [0.05, 0.1) is 0 Å². The van der Waals surface area contributed by atoms with E-state index in [0.717, 1.165) is 12.5 Å². The molecule has 8 heavy (non-hydrogen) atoms. The summed E-state index contributed by atoms with van der Waals surface area (Å²) in [5.74, 6) is 0.870. The van der Waals surface area contributed by atoms with Crippen LogP contribution in [-0.4, -0.2) is 19.6 Å². The Morgan fingerprint density at radius 3 is 2.62 bits per heavy atom. The van der Waals surface area contributed by atoms with Gasteiger partial charge in [-0.3, -0.25) is 0 Å². The average molecular weight is 114 g/mol. The van der Waals surface area contributed by atoms with Crippen molar-refractivity contribution in [2.75, 3.05) is 13.6 Å². The van der Waals surface area contributed by atoms with Crippen LogP contribution in [0.15, 0.2) is 0 Å². The van der Waals surface area contributed by atoms with Gasteiger partial charge in [0.15, 0.2) is 0 Å². The zero-order chi connectivity index (χ0) is 5.98. The maximum absolute atomic E-state index is 5.57. The van der Waals surface area contributed by atoms with Gasteiger partial charge < -0.3 is 11.1 Å². The molecule has 3 N–H and O–H groups in total. The molecular weight excluding hydrogens is 100 g/mol. The molecule has 1 aliphatic carbocycles. The zero-order valence-electron chi connectivity index (χ0n) is 5.35. The summed E-state index contributed by atoms with van der Waals surface area (Å²) < 4.78 is 0. The lowest BCUT2D eigenvalue weighted by atomic mass is 9.81. The molecule has 48 valence electrons. The summed E-state index contributed by atoms with van der Waals surface area (Å²) in [5.41, 5.74) is 5.57. The largest absolute Gasteiger partial charge is 0.328 e. The van der Waals surface area contributed by atoms with Crippen LogP contribution in [0.3, 0.4) is 0 Å². The van der Waals surface area contributed by atoms with Crippen molar-refractivity contribution in [3.63, 3.8) is 0 Å². The molecule has 0 aromatic carbocycles. The lowest BCUT2D eigenvalue weighted by Crippen LogP contribution is -2.40. The second-order valence-electron chi connectivity index (χ2n) is 2.66. The highest BCUT2D eigenvalue weighted by Crippen LogP contribution is 2.23. The fourth-order valence-corrected chi connectivity index (χ4v) is 1.24. The van der Waals surface area contributed by atoms with Crippen molar-refractivity contribution in [3.8, 4) is 0 Å². The highest BCUT2D eigenvalue weighted by atomic mass is 14.8. The summed E-state index contributed by atoms with van der Waals surface area (Å²) >= 11 is 0. The first kappa shape index (κ1) is 6.05. The van der Waals surface area contributed by atoms with Crippen molar-refractivity contribution in [1.82, 2.24) is 5.32 Å². The lowest BCUT2D eigenvalue weighted by Gasteiger charge is -2.31. The molecule has 2 heteroatoms. The molecule has 0 amide bonds. The maximum atomic E-state index is 5.57. The Bertz CT molecular complexity index is 64.2. The van der Waals surface area contributed by atoms with Gasteiger partial charge in [0, 0.05) is 6.04 Å². The van der Waals surface area contributed by atoms with E-state index in [-0.39, 0.29) is 0 Å². The fraction of sp³-hybridized carbons (Fsp3) is 1.00. The highest BCUT2D eigenvalue weighted by Gasteiger charge is 2.24. The van der Waals surface area contributed by atoms with Gasteiger partial charge in [-0.05, 0) is 32.4 Å². The quantitative estimate of drug-likeness (QED) is 0.528. The Hall–Kier alpha value is -0.0800. The number of rotatable bonds is 2. The smallest absolute Gasteiger partial charge is 0.00450 e. The maximum Gasteiger partial charge on any atom is 0.00450 e. The van der Waals surface area contributed by atoms with Crippen LogP contribution in [0.1, 0.15) is 12.8 Å². The molecule has 0 spiro atoms. The molecule has 0 aromatic heterocycles. The second kappa shape index (κ2) is 2.46. The van der Waals surface area contributed by atoms with Crippen LogP contribution in [0.2, 0.25) is 0 Å². The first-order chi connectivity index (χ1) is 3.83. The van der Waals surface area contributed by atoms with Gasteiger partial charge in [-0.25, -0.2) is 0 Å². The van der Waals surface area contributed by atoms with Crippen LogP contribution in [0.5, 0.6) is 0 Å². The minimum atomic E-state index is 0.508. The summed E-state index contributed by atoms with van der Waals surface area (Å²) in [7, 11) is 1.99. The van der Waals surface area contributed by atoms with E-state index < -0.39 is 0 Å². The zero-order valence-corrected chi connectivity index (χ0v) is 5.35. The summed E-state index contributed by atoms with van der Waals surface area (Å²) in [5, 5.41) is 3.13. The second-order valence-corrected chi connectivity index (χ2v) is 2.66. The molecule has 1 fully saturated rings. The Morgan fingerprint density at radius 1 is 1.62 bits per heavy atom. The van der Waals surface area contributed by atoms with Crippen LogP contribution >= 0.6 is 0 Å². The summed E-state index contributed by atoms with van der Waals surface area (Å²) in [6, 6.07) is 0.508. The van der Waals surface area contributed by atoms with Gasteiger partial charge in [0.25, 0.3) is 0 Å². The van der Waals surface area contributed by atoms with E-state index in [0.29, 0.717) is 6.04 Å².